The lowest BCUT2D eigenvalue weighted by molar-refractivity contribution is -0.112. The maximum absolute atomic E-state index is 12.5. The van der Waals surface area contributed by atoms with E-state index in [-0.39, 0.29) is 16.9 Å². The molecule has 0 radical (unpaired) electrons. The number of hydrogen-bond donors (Lipinski definition) is 1. The average molecular weight is 337 g/mol. The molecule has 4 heteroatoms. The fourth-order valence-electron chi connectivity index (χ4n) is 4.88. The summed E-state index contributed by atoms with van der Waals surface area (Å²) >= 11 is 0. The molecule has 1 aliphatic heterocycles. The van der Waals surface area contributed by atoms with Crippen LogP contribution in [0.25, 0.3) is 0 Å². The molecule has 2 fully saturated rings. The number of amides is 1. The first-order valence-electron chi connectivity index (χ1n) is 8.95. The van der Waals surface area contributed by atoms with Crippen LogP contribution in [0.15, 0.2) is 36.0 Å². The van der Waals surface area contributed by atoms with Crippen LogP contribution >= 0.6 is 0 Å². The van der Waals surface area contributed by atoms with Crippen molar-refractivity contribution >= 4 is 11.6 Å². The Kier molecular flexibility index (Phi) is 4.36. The summed E-state index contributed by atoms with van der Waals surface area (Å²) in [5, 5.41) is 12.3. The molecule has 2 unspecified atom stereocenters. The van der Waals surface area contributed by atoms with E-state index in [1.165, 1.54) is 6.42 Å². The number of aryl methyl sites for hydroxylation is 1. The molecule has 1 aliphatic carbocycles. The van der Waals surface area contributed by atoms with Gasteiger partial charge < -0.3 is 10.2 Å². The van der Waals surface area contributed by atoms with Crippen LogP contribution in [0.4, 0.5) is 5.69 Å². The number of nitriles is 1. The molecule has 0 spiro atoms. The van der Waals surface area contributed by atoms with E-state index in [2.05, 4.69) is 37.1 Å². The predicted octanol–water partition coefficient (Wildman–Crippen LogP) is 4.24. The number of benzene rings is 1. The third-order valence-corrected chi connectivity index (χ3v) is 5.39. The van der Waals surface area contributed by atoms with Crippen LogP contribution in [-0.4, -0.2) is 23.4 Å². The van der Waals surface area contributed by atoms with Crippen molar-refractivity contribution in [1.29, 1.82) is 5.26 Å². The van der Waals surface area contributed by atoms with E-state index in [0.29, 0.717) is 11.5 Å². The number of nitrogens with zero attached hydrogens (tertiary/aromatic N) is 2. The van der Waals surface area contributed by atoms with E-state index in [1.54, 1.807) is 6.20 Å². The van der Waals surface area contributed by atoms with Crippen molar-refractivity contribution in [3.05, 3.63) is 41.6 Å². The molecule has 25 heavy (non-hydrogen) atoms. The fourth-order valence-corrected chi connectivity index (χ4v) is 4.88. The summed E-state index contributed by atoms with van der Waals surface area (Å²) in [6, 6.07) is 10.1. The second-order valence-electron chi connectivity index (χ2n) is 8.86. The molecule has 4 nitrogen and oxygen atoms in total. The zero-order valence-corrected chi connectivity index (χ0v) is 15.6. The molecule has 1 amide bonds. The highest BCUT2D eigenvalue weighted by Gasteiger charge is 2.48. The van der Waals surface area contributed by atoms with E-state index >= 15 is 0 Å². The highest BCUT2D eigenvalue weighted by Crippen LogP contribution is 2.52. The van der Waals surface area contributed by atoms with Gasteiger partial charge in [0.05, 0.1) is 0 Å². The molecule has 1 aromatic rings. The van der Waals surface area contributed by atoms with Gasteiger partial charge in [0, 0.05) is 24.5 Å². The van der Waals surface area contributed by atoms with Gasteiger partial charge in [0.15, 0.2) is 0 Å². The number of carbonyl (C=O) groups is 1. The van der Waals surface area contributed by atoms with Crippen LogP contribution < -0.4 is 5.32 Å². The van der Waals surface area contributed by atoms with Gasteiger partial charge in [-0.05, 0) is 54.7 Å². The highest BCUT2D eigenvalue weighted by atomic mass is 16.1. The van der Waals surface area contributed by atoms with Crippen LogP contribution in [0, 0.1) is 29.1 Å². The molecule has 0 aromatic heterocycles. The van der Waals surface area contributed by atoms with Crippen LogP contribution in [-0.2, 0) is 4.79 Å². The second-order valence-corrected chi connectivity index (χ2v) is 8.86. The molecule has 1 saturated heterocycles. The van der Waals surface area contributed by atoms with Gasteiger partial charge in [-0.2, -0.15) is 5.26 Å². The highest BCUT2D eigenvalue weighted by molar-refractivity contribution is 6.06. The number of carbonyl (C=O) groups excluding carboxylic acids is 1. The van der Waals surface area contributed by atoms with Crippen molar-refractivity contribution in [1.82, 2.24) is 4.90 Å². The van der Waals surface area contributed by atoms with E-state index in [4.69, 9.17) is 0 Å². The molecular formula is C21H27N3O. The Labute approximate surface area is 150 Å². The van der Waals surface area contributed by atoms with E-state index in [0.717, 1.165) is 30.6 Å². The monoisotopic (exact) mass is 337 g/mol. The number of rotatable bonds is 3. The summed E-state index contributed by atoms with van der Waals surface area (Å²) in [4.78, 5) is 14.7. The lowest BCUT2D eigenvalue weighted by Gasteiger charge is -2.39. The molecule has 2 aliphatic rings. The van der Waals surface area contributed by atoms with Gasteiger partial charge in [-0.25, -0.2) is 0 Å². The normalized spacial score (nSPS) is 27.7. The number of fused-ring (bicyclic) bond motifs is 2. The number of likely N-dealkylation sites (tertiary alicyclic amines) is 1. The Hall–Kier alpha value is -2.28. The van der Waals surface area contributed by atoms with E-state index < -0.39 is 0 Å². The van der Waals surface area contributed by atoms with Crippen molar-refractivity contribution < 1.29 is 4.79 Å². The largest absolute Gasteiger partial charge is 0.373 e. The van der Waals surface area contributed by atoms with Crippen molar-refractivity contribution in [3.63, 3.8) is 0 Å². The summed E-state index contributed by atoms with van der Waals surface area (Å²) < 4.78 is 0. The Balaban J connectivity index is 1.77. The van der Waals surface area contributed by atoms with E-state index in [9.17, 15) is 10.1 Å². The predicted molar refractivity (Wildman–Crippen MR) is 99.7 cm³/mol. The number of nitrogens with one attached hydrogen (secondary N) is 1. The lowest BCUT2D eigenvalue weighted by atomic mass is 9.65. The van der Waals surface area contributed by atoms with Gasteiger partial charge in [-0.3, -0.25) is 4.79 Å². The molecule has 1 N–H and O–H groups in total. The van der Waals surface area contributed by atoms with Crippen molar-refractivity contribution in [2.24, 2.45) is 10.8 Å². The molecular weight excluding hydrogens is 310 g/mol. The third kappa shape index (κ3) is 3.87. The minimum absolute atomic E-state index is 0.176. The molecule has 2 atom stereocenters. The van der Waals surface area contributed by atoms with Crippen molar-refractivity contribution in [2.45, 2.75) is 53.0 Å². The van der Waals surface area contributed by atoms with Gasteiger partial charge in [0.2, 0.25) is 0 Å². The first-order valence-corrected chi connectivity index (χ1v) is 8.95. The SMILES string of the molecule is Cc1cccc(NC(=O)/C(C#N)=C\N2CC3(C)CC2CC(C)(C)C3)c1. The topological polar surface area (TPSA) is 56.1 Å². The standard InChI is InChI=1S/C21H27N3O/c1-15-6-5-7-17(8-15)23-19(25)16(11-22)12-24-14-21(4)10-18(24)9-20(2,3)13-21/h5-8,12,18H,9-10,13-14H2,1-4H3,(H,23,25)/b16-12-. The van der Waals surface area contributed by atoms with Gasteiger partial charge in [-0.1, -0.05) is 32.9 Å². The minimum Gasteiger partial charge on any atom is -0.373 e. The fraction of sp³-hybridized carbons (Fsp3) is 0.524. The summed E-state index contributed by atoms with van der Waals surface area (Å²) in [7, 11) is 0. The molecule has 1 heterocycles. The van der Waals surface area contributed by atoms with Gasteiger partial charge in [0.25, 0.3) is 5.91 Å². The second kappa shape index (κ2) is 6.22. The number of anilines is 1. The Morgan fingerprint density at radius 3 is 2.80 bits per heavy atom. The van der Waals surface area contributed by atoms with Gasteiger partial charge in [0.1, 0.15) is 11.6 Å². The third-order valence-electron chi connectivity index (χ3n) is 5.39. The molecule has 132 valence electrons. The zero-order valence-electron chi connectivity index (χ0n) is 15.6. The zero-order chi connectivity index (χ0) is 18.2. The Bertz CT molecular complexity index is 759. The maximum atomic E-state index is 12.5. The number of hydrogen-bond acceptors (Lipinski definition) is 3. The van der Waals surface area contributed by atoms with Crippen LogP contribution in [0.1, 0.15) is 45.6 Å². The Morgan fingerprint density at radius 1 is 1.36 bits per heavy atom. The smallest absolute Gasteiger partial charge is 0.267 e. The maximum Gasteiger partial charge on any atom is 0.267 e. The Morgan fingerprint density at radius 2 is 2.12 bits per heavy atom. The molecule has 2 bridgehead atoms. The van der Waals surface area contributed by atoms with Crippen molar-refractivity contribution in [3.8, 4) is 6.07 Å². The summed E-state index contributed by atoms with van der Waals surface area (Å²) in [6.07, 6.45) is 5.23. The molecule has 1 aromatic carbocycles. The van der Waals surface area contributed by atoms with Crippen LogP contribution in [0.2, 0.25) is 0 Å². The summed E-state index contributed by atoms with van der Waals surface area (Å²) in [5.41, 5.74) is 2.56. The molecule has 1 saturated carbocycles. The van der Waals surface area contributed by atoms with Gasteiger partial charge in [-0.15, -0.1) is 0 Å². The van der Waals surface area contributed by atoms with Crippen LogP contribution in [0.5, 0.6) is 0 Å². The van der Waals surface area contributed by atoms with Crippen LogP contribution in [0.3, 0.4) is 0 Å². The van der Waals surface area contributed by atoms with E-state index in [1.807, 2.05) is 31.2 Å². The average Bonchev–Trinajstić information content (AvgIpc) is 2.72. The first-order chi connectivity index (χ1) is 11.7. The minimum atomic E-state index is -0.334. The van der Waals surface area contributed by atoms with Gasteiger partial charge >= 0.3 is 0 Å². The summed E-state index contributed by atoms with van der Waals surface area (Å²) in [6.45, 7) is 9.86. The quantitative estimate of drug-likeness (QED) is 0.663. The lowest BCUT2D eigenvalue weighted by Crippen LogP contribution is -2.33. The summed E-state index contributed by atoms with van der Waals surface area (Å²) in [5.74, 6) is -0.334. The van der Waals surface area contributed by atoms with Crippen molar-refractivity contribution in [2.75, 3.05) is 11.9 Å². The first kappa shape index (κ1) is 17.5. The molecule has 3 rings (SSSR count).